The maximum absolute atomic E-state index is 14.6. The first kappa shape index (κ1) is 22.7. The maximum Gasteiger partial charge on any atom is 0.274 e. The molecule has 178 valence electrons. The predicted octanol–water partition coefficient (Wildman–Crippen LogP) is 3.52. The first-order valence-corrected chi connectivity index (χ1v) is 11.5. The van der Waals surface area contributed by atoms with Crippen molar-refractivity contribution in [2.24, 2.45) is 7.05 Å². The van der Waals surface area contributed by atoms with Crippen LogP contribution in [0.4, 0.5) is 4.39 Å². The Morgan fingerprint density at radius 2 is 2.03 bits per heavy atom. The predicted molar refractivity (Wildman–Crippen MR) is 131 cm³/mol. The Kier molecular flexibility index (Phi) is 5.61. The highest BCUT2D eigenvalue weighted by Crippen LogP contribution is 2.30. The Labute approximate surface area is 202 Å². The summed E-state index contributed by atoms with van der Waals surface area (Å²) in [5, 5.41) is 14.5. The fourth-order valence-corrected chi connectivity index (χ4v) is 4.73. The van der Waals surface area contributed by atoms with Crippen molar-refractivity contribution >= 4 is 16.8 Å². The van der Waals surface area contributed by atoms with Crippen molar-refractivity contribution in [2.45, 2.75) is 19.4 Å². The Hall–Kier alpha value is -4.03. The summed E-state index contributed by atoms with van der Waals surface area (Å²) in [6.45, 7) is 3.16. The number of fused-ring (bicyclic) bond motifs is 1. The van der Waals surface area contributed by atoms with Crippen LogP contribution in [0.15, 0.2) is 42.6 Å². The number of imidazole rings is 1. The number of likely N-dealkylation sites (N-methyl/N-ethyl adjacent to an activating group) is 1. The topological polar surface area (TPSA) is 83.0 Å². The molecule has 0 bridgehead atoms. The number of carbonyl (C=O) groups is 1. The highest BCUT2D eigenvalue weighted by Gasteiger charge is 2.32. The second-order valence-electron chi connectivity index (χ2n) is 9.21. The highest BCUT2D eigenvalue weighted by atomic mass is 19.1. The zero-order chi connectivity index (χ0) is 24.9. The molecule has 1 fully saturated rings. The lowest BCUT2D eigenvalue weighted by molar-refractivity contribution is 0.0777. The van der Waals surface area contributed by atoms with Crippen LogP contribution in [-0.4, -0.2) is 68.3 Å². The third kappa shape index (κ3) is 3.96. The number of nitrogens with zero attached hydrogens (tertiary/aromatic N) is 7. The molecule has 5 rings (SSSR count). The van der Waals surface area contributed by atoms with Crippen molar-refractivity contribution in [1.29, 1.82) is 5.26 Å². The standard InChI is InChI=1S/C26H26FN7O/c1-16-24(26(35)33-10-9-21(15-33)31(2)3)29-25(17-5-6-18(13-28)22(27)12-17)34(16)20-7-8-23-19(11-20)14-32(4)30-23/h5-8,11-12,14,21H,9-10,15H2,1-4H3/t21-/m0/s1. The van der Waals surface area contributed by atoms with E-state index in [4.69, 9.17) is 10.2 Å². The monoisotopic (exact) mass is 471 g/mol. The van der Waals surface area contributed by atoms with Crippen LogP contribution in [-0.2, 0) is 7.05 Å². The normalized spacial score (nSPS) is 15.8. The van der Waals surface area contributed by atoms with Gasteiger partial charge in [-0.2, -0.15) is 10.4 Å². The molecule has 4 aromatic rings. The summed E-state index contributed by atoms with van der Waals surface area (Å²) in [4.78, 5) is 22.3. The molecule has 9 heteroatoms. The molecule has 0 aliphatic carbocycles. The van der Waals surface area contributed by atoms with E-state index in [1.807, 2.05) is 68.0 Å². The van der Waals surface area contributed by atoms with Gasteiger partial charge in [-0.1, -0.05) is 0 Å². The number of aromatic nitrogens is 4. The fourth-order valence-electron chi connectivity index (χ4n) is 4.73. The molecule has 1 atom stereocenters. The second kappa shape index (κ2) is 8.64. The van der Waals surface area contributed by atoms with Gasteiger partial charge in [0.05, 0.1) is 16.8 Å². The van der Waals surface area contributed by atoms with Crippen LogP contribution in [0.2, 0.25) is 0 Å². The minimum atomic E-state index is -0.624. The number of aryl methyl sites for hydroxylation is 1. The van der Waals surface area contributed by atoms with Crippen molar-refractivity contribution < 1.29 is 9.18 Å². The molecule has 0 N–H and O–H groups in total. The van der Waals surface area contributed by atoms with Crippen LogP contribution in [0, 0.1) is 24.1 Å². The van der Waals surface area contributed by atoms with E-state index in [2.05, 4.69) is 10.00 Å². The van der Waals surface area contributed by atoms with Crippen molar-refractivity contribution in [2.75, 3.05) is 27.2 Å². The van der Waals surface area contributed by atoms with Crippen molar-refractivity contribution in [3.05, 3.63) is 65.4 Å². The Bertz CT molecular complexity index is 1490. The van der Waals surface area contributed by atoms with Crippen LogP contribution in [0.1, 0.15) is 28.2 Å². The lowest BCUT2D eigenvalue weighted by Gasteiger charge is -2.20. The third-order valence-electron chi connectivity index (χ3n) is 6.70. The van der Waals surface area contributed by atoms with Crippen LogP contribution in [0.25, 0.3) is 28.0 Å². The largest absolute Gasteiger partial charge is 0.336 e. The Morgan fingerprint density at radius 3 is 2.71 bits per heavy atom. The quantitative estimate of drug-likeness (QED) is 0.455. The van der Waals surface area contributed by atoms with Gasteiger partial charge >= 0.3 is 0 Å². The van der Waals surface area contributed by atoms with Crippen LogP contribution in [0.3, 0.4) is 0 Å². The van der Waals surface area contributed by atoms with Crippen LogP contribution < -0.4 is 0 Å². The second-order valence-corrected chi connectivity index (χ2v) is 9.21. The number of hydrogen-bond donors (Lipinski definition) is 0. The highest BCUT2D eigenvalue weighted by molar-refractivity contribution is 5.95. The van der Waals surface area contributed by atoms with Gasteiger partial charge in [-0.15, -0.1) is 0 Å². The lowest BCUT2D eigenvalue weighted by Crippen LogP contribution is -2.34. The molecular formula is C26H26FN7O. The summed E-state index contributed by atoms with van der Waals surface area (Å²) in [5.41, 5.74) is 3.11. The van der Waals surface area contributed by atoms with Gasteiger partial charge in [0, 0.05) is 49.0 Å². The van der Waals surface area contributed by atoms with Crippen LogP contribution >= 0.6 is 0 Å². The lowest BCUT2D eigenvalue weighted by atomic mass is 10.1. The Balaban J connectivity index is 1.65. The number of hydrogen-bond acceptors (Lipinski definition) is 5. The molecule has 2 aromatic carbocycles. The molecule has 1 amide bonds. The fraction of sp³-hybridized carbons (Fsp3) is 0.308. The van der Waals surface area contributed by atoms with E-state index in [0.717, 1.165) is 23.0 Å². The average Bonchev–Trinajstić information content (AvgIpc) is 3.54. The summed E-state index contributed by atoms with van der Waals surface area (Å²) in [6, 6.07) is 12.4. The molecule has 0 unspecified atom stereocenters. The molecule has 8 nitrogen and oxygen atoms in total. The molecule has 0 spiro atoms. The molecule has 0 radical (unpaired) electrons. The van der Waals surface area contributed by atoms with Gasteiger partial charge in [-0.3, -0.25) is 14.0 Å². The summed E-state index contributed by atoms with van der Waals surface area (Å²) < 4.78 is 18.2. The SMILES string of the molecule is Cc1c(C(=O)N2CC[C@H](N(C)C)C2)nc(-c2ccc(C#N)c(F)c2)n1-c1ccc2nn(C)cc2c1. The van der Waals surface area contributed by atoms with Crippen molar-refractivity contribution in [1.82, 2.24) is 29.1 Å². The van der Waals surface area contributed by atoms with E-state index in [-0.39, 0.29) is 11.5 Å². The zero-order valence-electron chi connectivity index (χ0n) is 20.2. The van der Waals surface area contributed by atoms with E-state index < -0.39 is 5.82 Å². The van der Waals surface area contributed by atoms with Crippen molar-refractivity contribution in [3.63, 3.8) is 0 Å². The summed E-state index contributed by atoms with van der Waals surface area (Å²) in [6.07, 6.45) is 2.83. The van der Waals surface area contributed by atoms with E-state index in [1.165, 1.54) is 12.1 Å². The van der Waals surface area contributed by atoms with Gasteiger partial charge in [0.2, 0.25) is 0 Å². The first-order chi connectivity index (χ1) is 16.8. The number of halogens is 1. The van der Waals surface area contributed by atoms with E-state index >= 15 is 0 Å². The van der Waals surface area contributed by atoms with Gasteiger partial charge in [-0.25, -0.2) is 9.37 Å². The number of likely N-dealkylation sites (tertiary alicyclic amines) is 1. The summed E-state index contributed by atoms with van der Waals surface area (Å²) in [7, 11) is 5.90. The van der Waals surface area contributed by atoms with Gasteiger partial charge in [0.25, 0.3) is 5.91 Å². The van der Waals surface area contributed by atoms with E-state index in [0.29, 0.717) is 41.9 Å². The summed E-state index contributed by atoms with van der Waals surface area (Å²) >= 11 is 0. The number of benzene rings is 2. The average molecular weight is 472 g/mol. The molecule has 3 heterocycles. The van der Waals surface area contributed by atoms with Gasteiger partial charge in [-0.05, 0) is 63.8 Å². The van der Waals surface area contributed by atoms with Crippen LogP contribution in [0.5, 0.6) is 0 Å². The molecule has 2 aromatic heterocycles. The van der Waals surface area contributed by atoms with Gasteiger partial charge in [0.15, 0.2) is 0 Å². The van der Waals surface area contributed by atoms with Gasteiger partial charge < -0.3 is 9.80 Å². The van der Waals surface area contributed by atoms with Gasteiger partial charge in [0.1, 0.15) is 23.4 Å². The summed E-state index contributed by atoms with van der Waals surface area (Å²) in [5.74, 6) is -0.314. The number of amides is 1. The minimum absolute atomic E-state index is 0.0385. The van der Waals surface area contributed by atoms with E-state index in [9.17, 15) is 9.18 Å². The third-order valence-corrected chi connectivity index (χ3v) is 6.70. The number of nitriles is 1. The molecule has 0 saturated carbocycles. The smallest absolute Gasteiger partial charge is 0.274 e. The van der Waals surface area contributed by atoms with E-state index in [1.54, 1.807) is 10.7 Å². The molecule has 1 aliphatic rings. The molecular weight excluding hydrogens is 445 g/mol. The molecule has 1 aliphatic heterocycles. The zero-order valence-corrected chi connectivity index (χ0v) is 20.2. The number of rotatable bonds is 4. The number of carbonyl (C=O) groups excluding carboxylic acids is 1. The maximum atomic E-state index is 14.6. The minimum Gasteiger partial charge on any atom is -0.336 e. The molecule has 1 saturated heterocycles. The first-order valence-electron chi connectivity index (χ1n) is 11.5. The Morgan fingerprint density at radius 1 is 1.23 bits per heavy atom. The molecule has 35 heavy (non-hydrogen) atoms. The van der Waals surface area contributed by atoms with Crippen molar-refractivity contribution in [3.8, 4) is 23.1 Å².